The molecule has 2 N–H and O–H groups in total. The molecule has 1 saturated heterocycles. The van der Waals surface area contributed by atoms with Gasteiger partial charge in [0.25, 0.3) is 11.8 Å². The lowest BCUT2D eigenvalue weighted by Crippen LogP contribution is -2.45. The van der Waals surface area contributed by atoms with Crippen molar-refractivity contribution in [2.75, 3.05) is 25.0 Å². The molecule has 0 aromatic heterocycles. The van der Waals surface area contributed by atoms with Gasteiger partial charge in [-0.05, 0) is 76.3 Å². The van der Waals surface area contributed by atoms with Crippen LogP contribution in [0.25, 0.3) is 0 Å². The van der Waals surface area contributed by atoms with Gasteiger partial charge in [-0.25, -0.2) is 4.79 Å². The molecule has 3 rings (SSSR count). The third-order valence-corrected chi connectivity index (χ3v) is 6.08. The smallest absolute Gasteiger partial charge is 0.410 e. The van der Waals surface area contributed by atoms with Crippen molar-refractivity contribution in [3.05, 3.63) is 63.6 Å². The predicted octanol–water partition coefficient (Wildman–Crippen LogP) is 5.39. The quantitative estimate of drug-likeness (QED) is 0.543. The fourth-order valence-electron chi connectivity index (χ4n) is 3.89. The molecule has 0 spiro atoms. The number of piperidine rings is 1. The maximum Gasteiger partial charge on any atom is 0.410 e. The Bertz CT molecular complexity index is 1060. The summed E-state index contributed by atoms with van der Waals surface area (Å²) in [5.41, 5.74) is 1.68. The minimum Gasteiger partial charge on any atom is -0.444 e. The van der Waals surface area contributed by atoms with Gasteiger partial charge in [-0.2, -0.15) is 0 Å². The molecular weight excluding hydrogens is 498 g/mol. The Balaban J connectivity index is 1.65. The van der Waals surface area contributed by atoms with Gasteiger partial charge in [0.1, 0.15) is 5.60 Å². The predicted molar refractivity (Wildman–Crippen MR) is 136 cm³/mol. The zero-order valence-corrected chi connectivity index (χ0v) is 21.7. The molecule has 182 valence electrons. The second kappa shape index (κ2) is 11.0. The van der Waals surface area contributed by atoms with Crippen molar-refractivity contribution in [1.82, 2.24) is 10.2 Å². The minimum atomic E-state index is -0.544. The van der Waals surface area contributed by atoms with Crippen molar-refractivity contribution in [1.29, 1.82) is 0 Å². The Morgan fingerprint density at radius 2 is 1.82 bits per heavy atom. The van der Waals surface area contributed by atoms with E-state index in [1.54, 1.807) is 29.2 Å². The molecule has 7 nitrogen and oxygen atoms in total. The number of ether oxygens (including phenoxy) is 1. The number of carbonyl (C=O) groups is 3. The average molecular weight is 530 g/mol. The van der Waals surface area contributed by atoms with E-state index in [0.29, 0.717) is 36.4 Å². The number of hydrogen-bond acceptors (Lipinski definition) is 4. The SMILES string of the molecule is Cc1ccccc1C(=O)Nc1ccc(Br)cc1C(=O)NCC1CCCN(C(=O)OC(C)(C)C)C1. The molecular formula is C26H32BrN3O4. The molecule has 34 heavy (non-hydrogen) atoms. The molecule has 0 saturated carbocycles. The molecule has 1 unspecified atom stereocenters. The Kier molecular flexibility index (Phi) is 8.36. The van der Waals surface area contributed by atoms with Gasteiger partial charge in [-0.1, -0.05) is 34.1 Å². The van der Waals surface area contributed by atoms with Crippen molar-refractivity contribution >= 4 is 39.5 Å². The highest BCUT2D eigenvalue weighted by Crippen LogP contribution is 2.23. The van der Waals surface area contributed by atoms with Crippen LogP contribution in [0.5, 0.6) is 0 Å². The number of anilines is 1. The first-order valence-electron chi connectivity index (χ1n) is 11.5. The van der Waals surface area contributed by atoms with E-state index in [4.69, 9.17) is 4.74 Å². The molecule has 1 atom stereocenters. The third kappa shape index (κ3) is 7.06. The van der Waals surface area contributed by atoms with Crippen LogP contribution in [-0.4, -0.2) is 48.0 Å². The number of carbonyl (C=O) groups excluding carboxylic acids is 3. The Morgan fingerprint density at radius 1 is 1.09 bits per heavy atom. The van der Waals surface area contributed by atoms with Gasteiger partial charge in [0.15, 0.2) is 0 Å². The van der Waals surface area contributed by atoms with Gasteiger partial charge in [0.2, 0.25) is 0 Å². The van der Waals surface area contributed by atoms with Crippen molar-refractivity contribution in [2.24, 2.45) is 5.92 Å². The van der Waals surface area contributed by atoms with E-state index in [2.05, 4.69) is 26.6 Å². The number of aryl methyl sites for hydroxylation is 1. The molecule has 1 fully saturated rings. The van der Waals surface area contributed by atoms with E-state index in [1.165, 1.54) is 0 Å². The van der Waals surface area contributed by atoms with Gasteiger partial charge in [0.05, 0.1) is 11.3 Å². The number of hydrogen-bond donors (Lipinski definition) is 2. The highest BCUT2D eigenvalue weighted by Gasteiger charge is 2.28. The van der Waals surface area contributed by atoms with Gasteiger partial charge in [-0.15, -0.1) is 0 Å². The number of halogens is 1. The van der Waals surface area contributed by atoms with Crippen LogP contribution in [0.3, 0.4) is 0 Å². The first kappa shape index (κ1) is 25.7. The summed E-state index contributed by atoms with van der Waals surface area (Å²) < 4.78 is 6.22. The largest absolute Gasteiger partial charge is 0.444 e. The van der Waals surface area contributed by atoms with Crippen molar-refractivity contribution in [2.45, 2.75) is 46.1 Å². The van der Waals surface area contributed by atoms with Crippen molar-refractivity contribution in [3.63, 3.8) is 0 Å². The van der Waals surface area contributed by atoms with Crippen LogP contribution in [0.15, 0.2) is 46.9 Å². The molecule has 2 aromatic rings. The summed E-state index contributed by atoms with van der Waals surface area (Å²) in [6.45, 7) is 9.02. The number of rotatable bonds is 5. The van der Waals surface area contributed by atoms with Crippen LogP contribution in [-0.2, 0) is 4.74 Å². The molecule has 1 aliphatic rings. The lowest BCUT2D eigenvalue weighted by Gasteiger charge is -2.34. The summed E-state index contributed by atoms with van der Waals surface area (Å²) in [4.78, 5) is 40.0. The molecule has 0 aliphatic carbocycles. The standard InChI is InChI=1S/C26H32BrN3O4/c1-17-8-5-6-10-20(17)24(32)29-22-12-11-19(27)14-21(22)23(31)28-15-18-9-7-13-30(16-18)25(33)34-26(2,3)4/h5-6,8,10-12,14,18H,7,9,13,15-16H2,1-4H3,(H,28,31)(H,29,32). The monoisotopic (exact) mass is 529 g/mol. The summed E-state index contributed by atoms with van der Waals surface area (Å²) in [5, 5.41) is 5.85. The highest BCUT2D eigenvalue weighted by atomic mass is 79.9. The van der Waals surface area contributed by atoms with Crippen LogP contribution in [0.4, 0.5) is 10.5 Å². The van der Waals surface area contributed by atoms with E-state index in [-0.39, 0.29) is 23.8 Å². The normalized spacial score (nSPS) is 16.0. The van der Waals surface area contributed by atoms with Crippen molar-refractivity contribution in [3.8, 4) is 0 Å². The topological polar surface area (TPSA) is 87.7 Å². The summed E-state index contributed by atoms with van der Waals surface area (Å²) in [6, 6.07) is 12.5. The lowest BCUT2D eigenvalue weighted by atomic mass is 9.98. The van der Waals surface area contributed by atoms with Crippen LogP contribution < -0.4 is 10.6 Å². The Labute approximate surface area is 209 Å². The van der Waals surface area contributed by atoms with E-state index >= 15 is 0 Å². The Hall–Kier alpha value is -2.87. The van der Waals surface area contributed by atoms with Gasteiger partial charge in [-0.3, -0.25) is 9.59 Å². The molecule has 0 radical (unpaired) electrons. The third-order valence-electron chi connectivity index (χ3n) is 5.59. The molecule has 8 heteroatoms. The molecule has 0 bridgehead atoms. The fraction of sp³-hybridized carbons (Fsp3) is 0.423. The van der Waals surface area contributed by atoms with Crippen LogP contribution in [0, 0.1) is 12.8 Å². The minimum absolute atomic E-state index is 0.127. The average Bonchev–Trinajstić information content (AvgIpc) is 2.78. The second-order valence-electron chi connectivity index (χ2n) is 9.60. The maximum atomic E-state index is 13.1. The first-order valence-corrected chi connectivity index (χ1v) is 12.3. The van der Waals surface area contributed by atoms with Gasteiger partial charge < -0.3 is 20.3 Å². The molecule has 1 aliphatic heterocycles. The van der Waals surface area contributed by atoms with Crippen LogP contribution in [0.2, 0.25) is 0 Å². The summed E-state index contributed by atoms with van der Waals surface area (Å²) in [6.07, 6.45) is 1.44. The summed E-state index contributed by atoms with van der Waals surface area (Å²) in [5.74, 6) is -0.423. The lowest BCUT2D eigenvalue weighted by molar-refractivity contribution is 0.0167. The maximum absolute atomic E-state index is 13.1. The van der Waals surface area contributed by atoms with E-state index in [9.17, 15) is 14.4 Å². The fourth-order valence-corrected chi connectivity index (χ4v) is 4.25. The number of nitrogens with zero attached hydrogens (tertiary/aromatic N) is 1. The number of nitrogens with one attached hydrogen (secondary N) is 2. The van der Waals surface area contributed by atoms with Crippen LogP contribution in [0.1, 0.15) is 59.9 Å². The number of likely N-dealkylation sites (tertiary alicyclic amines) is 1. The molecule has 3 amide bonds. The molecule has 1 heterocycles. The first-order chi connectivity index (χ1) is 16.0. The van der Waals surface area contributed by atoms with Crippen LogP contribution >= 0.6 is 15.9 Å². The van der Waals surface area contributed by atoms with E-state index < -0.39 is 5.60 Å². The number of benzene rings is 2. The van der Waals surface area contributed by atoms with Gasteiger partial charge in [0, 0.05) is 29.7 Å². The van der Waals surface area contributed by atoms with Gasteiger partial charge >= 0.3 is 6.09 Å². The molecule has 2 aromatic carbocycles. The number of amides is 3. The second-order valence-corrected chi connectivity index (χ2v) is 10.5. The Morgan fingerprint density at radius 3 is 2.53 bits per heavy atom. The zero-order valence-electron chi connectivity index (χ0n) is 20.1. The van der Waals surface area contributed by atoms with E-state index in [0.717, 1.165) is 22.9 Å². The van der Waals surface area contributed by atoms with Crippen molar-refractivity contribution < 1.29 is 19.1 Å². The summed E-state index contributed by atoms with van der Waals surface area (Å²) in [7, 11) is 0. The van der Waals surface area contributed by atoms with E-state index in [1.807, 2.05) is 45.9 Å². The zero-order chi connectivity index (χ0) is 24.9. The summed E-state index contributed by atoms with van der Waals surface area (Å²) >= 11 is 3.41. The highest BCUT2D eigenvalue weighted by molar-refractivity contribution is 9.10.